The van der Waals surface area contributed by atoms with Gasteiger partial charge in [-0.15, -0.1) is 0 Å². The zero-order chi connectivity index (χ0) is 12.8. The van der Waals surface area contributed by atoms with Crippen LogP contribution in [0.4, 0.5) is 4.79 Å². The van der Waals surface area contributed by atoms with Crippen LogP contribution in [0.5, 0.6) is 0 Å². The number of nitrogens with one attached hydrogen (secondary N) is 1. The van der Waals surface area contributed by atoms with Gasteiger partial charge in [0.15, 0.2) is 0 Å². The Morgan fingerprint density at radius 3 is 2.44 bits per heavy atom. The van der Waals surface area contributed by atoms with Gasteiger partial charge in [0.2, 0.25) is 0 Å². The summed E-state index contributed by atoms with van der Waals surface area (Å²) in [6, 6.07) is 0.123. The van der Waals surface area contributed by atoms with E-state index in [2.05, 4.69) is 18.8 Å². The summed E-state index contributed by atoms with van der Waals surface area (Å²) >= 11 is 0. The molecular weight excluding hydrogens is 202 g/mol. The van der Waals surface area contributed by atoms with Crippen LogP contribution >= 0.6 is 0 Å². The third-order valence-corrected chi connectivity index (χ3v) is 2.19. The summed E-state index contributed by atoms with van der Waals surface area (Å²) in [5.41, 5.74) is 0.787. The van der Waals surface area contributed by atoms with Crippen LogP contribution in [-0.2, 0) is 4.74 Å². The van der Waals surface area contributed by atoms with E-state index in [0.29, 0.717) is 0 Å². The predicted octanol–water partition coefficient (Wildman–Crippen LogP) is 3.65. The van der Waals surface area contributed by atoms with Crippen LogP contribution in [0.1, 0.15) is 53.9 Å². The lowest BCUT2D eigenvalue weighted by atomic mass is 10.1. The molecule has 0 saturated heterocycles. The van der Waals surface area contributed by atoms with Crippen molar-refractivity contribution < 1.29 is 9.53 Å². The Kier molecular flexibility index (Phi) is 6.16. The first-order chi connectivity index (χ1) is 7.24. The number of amides is 1. The molecular formula is C13H25NO2. The van der Waals surface area contributed by atoms with Gasteiger partial charge in [-0.2, -0.15) is 0 Å². The number of hydrogen-bond acceptors (Lipinski definition) is 2. The molecule has 1 atom stereocenters. The number of carbonyl (C=O) groups is 1. The molecule has 0 heterocycles. The maximum atomic E-state index is 11.4. The summed E-state index contributed by atoms with van der Waals surface area (Å²) in [5, 5.41) is 2.81. The second-order valence-corrected chi connectivity index (χ2v) is 5.19. The summed E-state index contributed by atoms with van der Waals surface area (Å²) in [5.74, 6) is 0. The normalized spacial score (nSPS) is 13.1. The summed E-state index contributed by atoms with van der Waals surface area (Å²) < 4.78 is 5.17. The second kappa shape index (κ2) is 6.56. The smallest absolute Gasteiger partial charge is 0.407 e. The van der Waals surface area contributed by atoms with Crippen molar-refractivity contribution in [3.05, 3.63) is 12.2 Å². The molecule has 0 aromatic heterocycles. The SMILES string of the molecule is C=C(CC)CC[C@H](C)NC(=O)OC(C)(C)C. The molecule has 94 valence electrons. The Morgan fingerprint density at radius 2 is 2.00 bits per heavy atom. The van der Waals surface area contributed by atoms with Gasteiger partial charge in [-0.3, -0.25) is 0 Å². The van der Waals surface area contributed by atoms with Crippen LogP contribution in [0.25, 0.3) is 0 Å². The van der Waals surface area contributed by atoms with Crippen LogP contribution in [0.3, 0.4) is 0 Å². The van der Waals surface area contributed by atoms with Gasteiger partial charge in [0.25, 0.3) is 0 Å². The van der Waals surface area contributed by atoms with Gasteiger partial charge in [0.05, 0.1) is 0 Å². The van der Waals surface area contributed by atoms with Gasteiger partial charge in [-0.1, -0.05) is 19.1 Å². The lowest BCUT2D eigenvalue weighted by Crippen LogP contribution is -2.37. The quantitative estimate of drug-likeness (QED) is 0.728. The van der Waals surface area contributed by atoms with E-state index < -0.39 is 5.60 Å². The van der Waals surface area contributed by atoms with Crippen LogP contribution in [0, 0.1) is 0 Å². The van der Waals surface area contributed by atoms with Gasteiger partial charge >= 0.3 is 6.09 Å². The summed E-state index contributed by atoms with van der Waals surface area (Å²) in [4.78, 5) is 11.4. The minimum absolute atomic E-state index is 0.123. The van der Waals surface area contributed by atoms with E-state index >= 15 is 0 Å². The van der Waals surface area contributed by atoms with Crippen molar-refractivity contribution in [2.24, 2.45) is 0 Å². The number of hydrogen-bond donors (Lipinski definition) is 1. The molecule has 0 spiro atoms. The molecule has 0 aromatic rings. The lowest BCUT2D eigenvalue weighted by molar-refractivity contribution is 0.0506. The fourth-order valence-electron chi connectivity index (χ4n) is 1.18. The molecule has 0 radical (unpaired) electrons. The molecule has 0 unspecified atom stereocenters. The Labute approximate surface area is 99.3 Å². The second-order valence-electron chi connectivity index (χ2n) is 5.19. The highest BCUT2D eigenvalue weighted by Gasteiger charge is 2.17. The Hall–Kier alpha value is -0.990. The molecule has 0 aliphatic heterocycles. The Balaban J connectivity index is 3.83. The number of carbonyl (C=O) groups excluding carboxylic acids is 1. The first kappa shape index (κ1) is 15.0. The zero-order valence-corrected chi connectivity index (χ0v) is 11.2. The van der Waals surface area contributed by atoms with E-state index in [4.69, 9.17) is 4.74 Å². The molecule has 0 bridgehead atoms. The van der Waals surface area contributed by atoms with Crippen LogP contribution in [0.15, 0.2) is 12.2 Å². The lowest BCUT2D eigenvalue weighted by Gasteiger charge is -2.22. The number of alkyl carbamates (subject to hydrolysis) is 1. The maximum absolute atomic E-state index is 11.4. The van der Waals surface area contributed by atoms with Crippen molar-refractivity contribution in [3.63, 3.8) is 0 Å². The highest BCUT2D eigenvalue weighted by Crippen LogP contribution is 2.10. The molecule has 0 saturated carbocycles. The van der Waals surface area contributed by atoms with Crippen molar-refractivity contribution in [2.45, 2.75) is 65.5 Å². The third-order valence-electron chi connectivity index (χ3n) is 2.19. The van der Waals surface area contributed by atoms with E-state index in [-0.39, 0.29) is 12.1 Å². The summed E-state index contributed by atoms with van der Waals surface area (Å²) in [7, 11) is 0. The number of allylic oxidation sites excluding steroid dienone is 1. The average Bonchev–Trinajstić information content (AvgIpc) is 2.10. The number of ether oxygens (including phenoxy) is 1. The Bertz CT molecular complexity index is 241. The highest BCUT2D eigenvalue weighted by atomic mass is 16.6. The molecule has 3 nitrogen and oxygen atoms in total. The molecule has 0 aliphatic rings. The van der Waals surface area contributed by atoms with Crippen molar-refractivity contribution in [3.8, 4) is 0 Å². The van der Waals surface area contributed by atoms with Gasteiger partial charge < -0.3 is 10.1 Å². The molecule has 16 heavy (non-hydrogen) atoms. The van der Waals surface area contributed by atoms with Crippen LogP contribution < -0.4 is 5.32 Å². The predicted molar refractivity (Wildman–Crippen MR) is 67.5 cm³/mol. The van der Waals surface area contributed by atoms with Crippen LogP contribution in [-0.4, -0.2) is 17.7 Å². The first-order valence-electron chi connectivity index (χ1n) is 5.90. The van der Waals surface area contributed by atoms with Crippen molar-refractivity contribution in [1.82, 2.24) is 5.32 Å². The first-order valence-corrected chi connectivity index (χ1v) is 5.90. The minimum atomic E-state index is -0.434. The molecule has 0 aliphatic carbocycles. The standard InChI is InChI=1S/C13H25NO2/c1-7-10(2)8-9-11(3)14-12(15)16-13(4,5)6/h11H,2,7-9H2,1,3-6H3,(H,14,15)/t11-/m0/s1. The van der Waals surface area contributed by atoms with Gasteiger partial charge in [0, 0.05) is 6.04 Å². The van der Waals surface area contributed by atoms with Crippen molar-refractivity contribution >= 4 is 6.09 Å². The molecule has 3 heteroatoms. The fraction of sp³-hybridized carbons (Fsp3) is 0.769. The Morgan fingerprint density at radius 1 is 1.44 bits per heavy atom. The third kappa shape index (κ3) is 8.33. The van der Waals surface area contributed by atoms with Crippen molar-refractivity contribution in [2.75, 3.05) is 0 Å². The largest absolute Gasteiger partial charge is 0.444 e. The fourth-order valence-corrected chi connectivity index (χ4v) is 1.18. The number of rotatable bonds is 5. The highest BCUT2D eigenvalue weighted by molar-refractivity contribution is 5.67. The van der Waals surface area contributed by atoms with Gasteiger partial charge in [-0.25, -0.2) is 4.79 Å². The van der Waals surface area contributed by atoms with E-state index in [0.717, 1.165) is 19.3 Å². The van der Waals surface area contributed by atoms with Gasteiger partial charge in [0.1, 0.15) is 5.60 Å². The minimum Gasteiger partial charge on any atom is -0.444 e. The van der Waals surface area contributed by atoms with Crippen molar-refractivity contribution in [1.29, 1.82) is 0 Å². The molecule has 0 fully saturated rings. The summed E-state index contributed by atoms with van der Waals surface area (Å²) in [6.07, 6.45) is 2.51. The summed E-state index contributed by atoms with van der Waals surface area (Å²) in [6.45, 7) is 13.6. The molecule has 1 N–H and O–H groups in total. The van der Waals surface area contributed by atoms with Crippen LogP contribution in [0.2, 0.25) is 0 Å². The van der Waals surface area contributed by atoms with Gasteiger partial charge in [-0.05, 0) is 47.0 Å². The molecule has 1 amide bonds. The average molecular weight is 227 g/mol. The maximum Gasteiger partial charge on any atom is 0.407 e. The molecule has 0 rings (SSSR count). The molecule has 0 aromatic carbocycles. The zero-order valence-electron chi connectivity index (χ0n) is 11.2. The van der Waals surface area contributed by atoms with E-state index in [1.165, 1.54) is 5.57 Å². The monoisotopic (exact) mass is 227 g/mol. The van der Waals surface area contributed by atoms with E-state index in [1.54, 1.807) is 0 Å². The van der Waals surface area contributed by atoms with E-state index in [1.807, 2.05) is 27.7 Å². The van der Waals surface area contributed by atoms with E-state index in [9.17, 15) is 4.79 Å². The topological polar surface area (TPSA) is 38.3 Å².